The largest absolute Gasteiger partial charge is 0.457 e. The predicted octanol–water partition coefficient (Wildman–Crippen LogP) is 5.07. The van der Waals surface area contributed by atoms with Crippen molar-refractivity contribution in [3.05, 3.63) is 58.7 Å². The van der Waals surface area contributed by atoms with Gasteiger partial charge in [0.15, 0.2) is 0 Å². The van der Waals surface area contributed by atoms with Gasteiger partial charge < -0.3 is 10.1 Å². The van der Waals surface area contributed by atoms with Crippen molar-refractivity contribution in [3.63, 3.8) is 0 Å². The molecule has 2 heteroatoms. The molecule has 21 heavy (non-hydrogen) atoms. The molecule has 0 aromatic heterocycles. The van der Waals surface area contributed by atoms with Crippen LogP contribution in [0.25, 0.3) is 0 Å². The number of rotatable bonds is 5. The summed E-state index contributed by atoms with van der Waals surface area (Å²) in [4.78, 5) is 0. The minimum absolute atomic E-state index is 0.332. The molecule has 0 saturated carbocycles. The predicted molar refractivity (Wildman–Crippen MR) is 89.3 cm³/mol. The van der Waals surface area contributed by atoms with Gasteiger partial charge in [0, 0.05) is 6.04 Å². The topological polar surface area (TPSA) is 21.3 Å². The molecule has 1 atom stereocenters. The van der Waals surface area contributed by atoms with Gasteiger partial charge in [-0.25, -0.2) is 0 Å². The molecule has 1 N–H and O–H groups in total. The summed E-state index contributed by atoms with van der Waals surface area (Å²) in [5.74, 6) is 1.84. The maximum atomic E-state index is 6.11. The monoisotopic (exact) mass is 283 g/mol. The smallest absolute Gasteiger partial charge is 0.130 e. The maximum absolute atomic E-state index is 6.11. The van der Waals surface area contributed by atoms with Crippen LogP contribution in [-0.2, 0) is 0 Å². The van der Waals surface area contributed by atoms with Gasteiger partial charge in [-0.1, -0.05) is 25.1 Å². The first-order valence-corrected chi connectivity index (χ1v) is 7.60. The molecule has 1 unspecified atom stereocenters. The minimum Gasteiger partial charge on any atom is -0.457 e. The van der Waals surface area contributed by atoms with E-state index < -0.39 is 0 Å². The number of nitrogens with one attached hydrogen (secondary N) is 1. The molecule has 2 nitrogen and oxygen atoms in total. The zero-order valence-electron chi connectivity index (χ0n) is 13.7. The highest BCUT2D eigenvalue weighted by atomic mass is 16.5. The molecule has 0 heterocycles. The Labute approximate surface area is 128 Å². The van der Waals surface area contributed by atoms with E-state index in [0.29, 0.717) is 6.04 Å². The van der Waals surface area contributed by atoms with Gasteiger partial charge in [0.05, 0.1) is 0 Å². The van der Waals surface area contributed by atoms with E-state index in [1.54, 1.807) is 0 Å². The first-order valence-electron chi connectivity index (χ1n) is 7.60. The van der Waals surface area contributed by atoms with Crippen molar-refractivity contribution in [2.24, 2.45) is 0 Å². The van der Waals surface area contributed by atoms with Crippen molar-refractivity contribution < 1.29 is 4.74 Å². The Morgan fingerprint density at radius 3 is 2.57 bits per heavy atom. The minimum atomic E-state index is 0.332. The lowest BCUT2D eigenvalue weighted by Gasteiger charge is -2.16. The number of benzene rings is 2. The Hall–Kier alpha value is -1.80. The highest BCUT2D eigenvalue weighted by Crippen LogP contribution is 2.29. The van der Waals surface area contributed by atoms with Gasteiger partial charge >= 0.3 is 0 Å². The van der Waals surface area contributed by atoms with Crippen molar-refractivity contribution in [2.45, 2.75) is 40.7 Å². The molecule has 0 bridgehead atoms. The number of ether oxygens (including phenoxy) is 1. The van der Waals surface area contributed by atoms with Crippen molar-refractivity contribution >= 4 is 0 Å². The van der Waals surface area contributed by atoms with Gasteiger partial charge in [0.25, 0.3) is 0 Å². The van der Waals surface area contributed by atoms with Crippen LogP contribution in [0.2, 0.25) is 0 Å². The van der Waals surface area contributed by atoms with Gasteiger partial charge in [-0.15, -0.1) is 0 Å². The Balaban J connectivity index is 2.26. The van der Waals surface area contributed by atoms with Crippen LogP contribution in [-0.4, -0.2) is 6.54 Å². The van der Waals surface area contributed by atoms with Gasteiger partial charge in [-0.2, -0.15) is 0 Å². The molecule has 2 aromatic rings. The van der Waals surface area contributed by atoms with Crippen LogP contribution >= 0.6 is 0 Å². The van der Waals surface area contributed by atoms with Crippen LogP contribution in [0, 0.1) is 20.8 Å². The van der Waals surface area contributed by atoms with Crippen molar-refractivity contribution in [1.29, 1.82) is 0 Å². The molecule has 0 amide bonds. The molecule has 0 fully saturated rings. The van der Waals surface area contributed by atoms with Crippen LogP contribution in [0.5, 0.6) is 11.5 Å². The number of aryl methyl sites for hydroxylation is 2. The summed E-state index contributed by atoms with van der Waals surface area (Å²) in [5.41, 5.74) is 4.94. The van der Waals surface area contributed by atoms with Crippen LogP contribution in [0.3, 0.4) is 0 Å². The standard InChI is InChI=1S/C19H25NO/c1-6-20-16(5)17-8-7-9-18(12-17)21-19-11-13(2)10-14(3)15(19)4/h7-12,16,20H,6H2,1-5H3. The Morgan fingerprint density at radius 1 is 1.10 bits per heavy atom. The first-order chi connectivity index (χ1) is 10.0. The number of hydrogen-bond donors (Lipinski definition) is 1. The second-order valence-corrected chi connectivity index (χ2v) is 5.66. The molecule has 112 valence electrons. The molecule has 0 spiro atoms. The lowest BCUT2D eigenvalue weighted by atomic mass is 10.1. The van der Waals surface area contributed by atoms with Crippen LogP contribution in [0.1, 0.15) is 42.1 Å². The Kier molecular flexibility index (Phi) is 5.03. The SMILES string of the molecule is CCNC(C)c1cccc(Oc2cc(C)cc(C)c2C)c1. The zero-order chi connectivity index (χ0) is 15.4. The molecule has 2 rings (SSSR count). The van der Waals surface area contributed by atoms with Crippen molar-refractivity contribution in [3.8, 4) is 11.5 Å². The maximum Gasteiger partial charge on any atom is 0.130 e. The average molecular weight is 283 g/mol. The van der Waals surface area contributed by atoms with E-state index in [0.717, 1.165) is 18.0 Å². The molecule has 0 radical (unpaired) electrons. The molecular weight excluding hydrogens is 258 g/mol. The van der Waals surface area contributed by atoms with Gasteiger partial charge in [-0.05, 0) is 74.7 Å². The fourth-order valence-corrected chi connectivity index (χ4v) is 2.51. The summed E-state index contributed by atoms with van der Waals surface area (Å²) in [6.07, 6.45) is 0. The van der Waals surface area contributed by atoms with Gasteiger partial charge in [-0.3, -0.25) is 0 Å². The molecular formula is C19H25NO. The van der Waals surface area contributed by atoms with Gasteiger partial charge in [0.2, 0.25) is 0 Å². The van der Waals surface area contributed by atoms with E-state index in [9.17, 15) is 0 Å². The highest BCUT2D eigenvalue weighted by Gasteiger charge is 2.08. The third kappa shape index (κ3) is 3.85. The molecule has 2 aromatic carbocycles. The Morgan fingerprint density at radius 2 is 1.86 bits per heavy atom. The van der Waals surface area contributed by atoms with Gasteiger partial charge in [0.1, 0.15) is 11.5 Å². The zero-order valence-corrected chi connectivity index (χ0v) is 13.7. The molecule has 0 aliphatic heterocycles. The molecule has 0 aliphatic rings. The summed E-state index contributed by atoms with van der Waals surface area (Å²) < 4.78 is 6.11. The average Bonchev–Trinajstić information content (AvgIpc) is 2.45. The van der Waals surface area contributed by atoms with E-state index >= 15 is 0 Å². The third-order valence-corrected chi connectivity index (χ3v) is 3.86. The third-order valence-electron chi connectivity index (χ3n) is 3.86. The summed E-state index contributed by atoms with van der Waals surface area (Å²) in [7, 11) is 0. The Bertz CT molecular complexity index is 619. The highest BCUT2D eigenvalue weighted by molar-refractivity contribution is 5.45. The quantitative estimate of drug-likeness (QED) is 0.826. The van der Waals surface area contributed by atoms with E-state index in [-0.39, 0.29) is 0 Å². The van der Waals surface area contributed by atoms with E-state index in [1.807, 2.05) is 6.07 Å². The summed E-state index contributed by atoms with van der Waals surface area (Å²) >= 11 is 0. The molecule has 0 aliphatic carbocycles. The summed E-state index contributed by atoms with van der Waals surface area (Å²) in [6.45, 7) is 11.6. The summed E-state index contributed by atoms with van der Waals surface area (Å²) in [5, 5.41) is 3.43. The second kappa shape index (κ2) is 6.77. The second-order valence-electron chi connectivity index (χ2n) is 5.66. The van der Waals surface area contributed by atoms with Crippen molar-refractivity contribution in [2.75, 3.05) is 6.54 Å². The normalized spacial score (nSPS) is 12.2. The molecule has 0 saturated heterocycles. The van der Waals surface area contributed by atoms with Crippen LogP contribution in [0.4, 0.5) is 0 Å². The lowest BCUT2D eigenvalue weighted by Crippen LogP contribution is -2.17. The van der Waals surface area contributed by atoms with E-state index in [4.69, 9.17) is 4.74 Å². The van der Waals surface area contributed by atoms with Crippen molar-refractivity contribution in [1.82, 2.24) is 5.32 Å². The fourth-order valence-electron chi connectivity index (χ4n) is 2.51. The fraction of sp³-hybridized carbons (Fsp3) is 0.368. The van der Waals surface area contributed by atoms with Crippen LogP contribution in [0.15, 0.2) is 36.4 Å². The number of hydrogen-bond acceptors (Lipinski definition) is 2. The lowest BCUT2D eigenvalue weighted by molar-refractivity contribution is 0.475. The van der Waals surface area contributed by atoms with E-state index in [1.165, 1.54) is 22.3 Å². The van der Waals surface area contributed by atoms with Crippen LogP contribution < -0.4 is 10.1 Å². The van der Waals surface area contributed by atoms with E-state index in [2.05, 4.69) is 70.3 Å². The first kappa shape index (κ1) is 15.6. The summed E-state index contributed by atoms with van der Waals surface area (Å²) in [6, 6.07) is 12.9.